The van der Waals surface area contributed by atoms with Gasteiger partial charge in [0.2, 0.25) is 5.91 Å². The van der Waals surface area contributed by atoms with Crippen LogP contribution in [-0.2, 0) is 4.79 Å². The number of hydrogen-bond donors (Lipinski definition) is 3. The van der Waals surface area contributed by atoms with E-state index in [2.05, 4.69) is 5.32 Å². The molecule has 0 aliphatic rings. The van der Waals surface area contributed by atoms with Gasteiger partial charge in [-0.15, -0.1) is 0 Å². The number of para-hydroxylation sites is 3. The Morgan fingerprint density at radius 3 is 2.50 bits per heavy atom. The van der Waals surface area contributed by atoms with Gasteiger partial charge in [-0.3, -0.25) is 4.79 Å². The Labute approximate surface area is 117 Å². The largest absolute Gasteiger partial charge is 0.508 e. The minimum Gasteiger partial charge on any atom is -0.508 e. The summed E-state index contributed by atoms with van der Waals surface area (Å²) in [5.74, 6) is 0.0188. The Morgan fingerprint density at radius 1 is 1.20 bits per heavy atom. The van der Waals surface area contributed by atoms with Crippen LogP contribution in [0.25, 0.3) is 0 Å². The number of primary amides is 1. The van der Waals surface area contributed by atoms with Gasteiger partial charge in [0.25, 0.3) is 0 Å². The lowest BCUT2D eigenvalue weighted by Gasteiger charge is -2.19. The number of nitrogens with two attached hydrogens (primary N) is 1. The van der Waals surface area contributed by atoms with E-state index in [1.807, 2.05) is 12.1 Å². The van der Waals surface area contributed by atoms with Crippen molar-refractivity contribution in [3.8, 4) is 11.5 Å². The van der Waals surface area contributed by atoms with Crippen molar-refractivity contribution in [2.45, 2.75) is 6.04 Å². The number of phenolic OH excluding ortho intramolecular Hbond substituents is 1. The smallest absolute Gasteiger partial charge is 0.244 e. The Kier molecular flexibility index (Phi) is 4.10. The topological polar surface area (TPSA) is 84.6 Å². The summed E-state index contributed by atoms with van der Waals surface area (Å²) in [5, 5.41) is 12.9. The van der Waals surface area contributed by atoms with Crippen LogP contribution in [0.2, 0.25) is 0 Å². The third kappa shape index (κ3) is 2.83. The molecule has 0 radical (unpaired) electrons. The van der Waals surface area contributed by atoms with Crippen LogP contribution in [-0.4, -0.2) is 18.1 Å². The summed E-state index contributed by atoms with van der Waals surface area (Å²) >= 11 is 0. The molecule has 20 heavy (non-hydrogen) atoms. The predicted octanol–water partition coefficient (Wildman–Crippen LogP) is 2.04. The van der Waals surface area contributed by atoms with E-state index in [1.54, 1.807) is 37.4 Å². The number of hydrogen-bond acceptors (Lipinski definition) is 4. The summed E-state index contributed by atoms with van der Waals surface area (Å²) in [7, 11) is 1.54. The van der Waals surface area contributed by atoms with Crippen molar-refractivity contribution >= 4 is 11.6 Å². The van der Waals surface area contributed by atoms with Gasteiger partial charge in [-0.1, -0.05) is 30.3 Å². The van der Waals surface area contributed by atoms with Crippen LogP contribution in [0.3, 0.4) is 0 Å². The number of carbonyl (C=O) groups excluding carboxylic acids is 1. The van der Waals surface area contributed by atoms with Crippen LogP contribution in [0.15, 0.2) is 48.5 Å². The van der Waals surface area contributed by atoms with E-state index >= 15 is 0 Å². The molecule has 0 aromatic heterocycles. The Morgan fingerprint density at radius 2 is 1.85 bits per heavy atom. The molecule has 0 aliphatic carbocycles. The lowest BCUT2D eigenvalue weighted by Crippen LogP contribution is -2.27. The quantitative estimate of drug-likeness (QED) is 0.777. The maximum atomic E-state index is 11.7. The fraction of sp³-hybridized carbons (Fsp3) is 0.133. The van der Waals surface area contributed by atoms with Crippen molar-refractivity contribution in [1.29, 1.82) is 0 Å². The van der Waals surface area contributed by atoms with Gasteiger partial charge in [-0.05, 0) is 18.2 Å². The van der Waals surface area contributed by atoms with Crippen LogP contribution >= 0.6 is 0 Å². The highest BCUT2D eigenvalue weighted by Gasteiger charge is 2.21. The third-order valence-corrected chi connectivity index (χ3v) is 2.94. The fourth-order valence-corrected chi connectivity index (χ4v) is 1.95. The number of ether oxygens (including phenoxy) is 1. The minimum atomic E-state index is -0.840. The number of rotatable bonds is 5. The number of amides is 1. The number of benzene rings is 2. The number of carbonyl (C=O) groups is 1. The summed E-state index contributed by atoms with van der Waals surface area (Å²) in [6.07, 6.45) is 0. The fourth-order valence-electron chi connectivity index (χ4n) is 1.95. The van der Waals surface area contributed by atoms with E-state index in [1.165, 1.54) is 6.07 Å². The van der Waals surface area contributed by atoms with Crippen molar-refractivity contribution in [2.24, 2.45) is 5.73 Å². The first-order valence-corrected chi connectivity index (χ1v) is 6.10. The Hall–Kier alpha value is -2.69. The van der Waals surface area contributed by atoms with Crippen molar-refractivity contribution in [3.05, 3.63) is 54.1 Å². The van der Waals surface area contributed by atoms with E-state index in [0.29, 0.717) is 17.0 Å². The molecule has 0 spiro atoms. The van der Waals surface area contributed by atoms with Crippen molar-refractivity contribution in [1.82, 2.24) is 0 Å². The van der Waals surface area contributed by atoms with Crippen LogP contribution in [0.1, 0.15) is 11.6 Å². The highest BCUT2D eigenvalue weighted by atomic mass is 16.5. The molecule has 5 nitrogen and oxygen atoms in total. The summed E-state index contributed by atoms with van der Waals surface area (Å²) in [6, 6.07) is 12.9. The van der Waals surface area contributed by atoms with Crippen molar-refractivity contribution in [3.63, 3.8) is 0 Å². The molecule has 0 bridgehead atoms. The van der Waals surface area contributed by atoms with Crippen LogP contribution in [0.5, 0.6) is 11.5 Å². The molecule has 0 saturated carbocycles. The highest BCUT2D eigenvalue weighted by Crippen LogP contribution is 2.30. The third-order valence-electron chi connectivity index (χ3n) is 2.94. The van der Waals surface area contributed by atoms with Gasteiger partial charge in [0.15, 0.2) is 0 Å². The molecular formula is C15H16N2O3. The predicted molar refractivity (Wildman–Crippen MR) is 76.7 cm³/mol. The molecule has 4 N–H and O–H groups in total. The zero-order valence-electron chi connectivity index (χ0n) is 11.0. The molecule has 0 fully saturated rings. The summed E-state index contributed by atoms with van der Waals surface area (Å²) < 4.78 is 5.21. The normalized spacial score (nSPS) is 11.7. The molecule has 0 saturated heterocycles. The first kappa shape index (κ1) is 13.7. The zero-order valence-corrected chi connectivity index (χ0v) is 11.0. The standard InChI is InChI=1S/C15H16N2O3/c1-20-13-9-5-3-7-11(13)17-14(15(16)19)10-6-2-4-8-12(10)18/h2-9,14,17-18H,1H3,(H2,16,19). The van der Waals surface area contributed by atoms with E-state index in [4.69, 9.17) is 10.5 Å². The molecule has 1 amide bonds. The second-order valence-corrected chi connectivity index (χ2v) is 4.24. The number of phenols is 1. The summed E-state index contributed by atoms with van der Waals surface area (Å²) in [4.78, 5) is 11.7. The van der Waals surface area contributed by atoms with Gasteiger partial charge in [0, 0.05) is 5.56 Å². The lowest BCUT2D eigenvalue weighted by atomic mass is 10.0. The van der Waals surface area contributed by atoms with Gasteiger partial charge in [0.05, 0.1) is 12.8 Å². The molecule has 2 aromatic rings. The molecule has 1 unspecified atom stereocenters. The van der Waals surface area contributed by atoms with Gasteiger partial charge >= 0.3 is 0 Å². The van der Waals surface area contributed by atoms with Crippen LogP contribution in [0, 0.1) is 0 Å². The molecule has 1 atom stereocenters. The van der Waals surface area contributed by atoms with Crippen LogP contribution in [0.4, 0.5) is 5.69 Å². The molecule has 2 rings (SSSR count). The summed E-state index contributed by atoms with van der Waals surface area (Å²) in [5.41, 5.74) is 6.47. The van der Waals surface area contributed by atoms with Crippen LogP contribution < -0.4 is 15.8 Å². The molecular weight excluding hydrogens is 256 g/mol. The van der Waals surface area contributed by atoms with Gasteiger partial charge in [-0.25, -0.2) is 0 Å². The van der Waals surface area contributed by atoms with Gasteiger partial charge in [0.1, 0.15) is 17.5 Å². The van der Waals surface area contributed by atoms with Gasteiger partial charge in [-0.2, -0.15) is 0 Å². The monoisotopic (exact) mass is 272 g/mol. The second kappa shape index (κ2) is 5.97. The molecule has 104 valence electrons. The van der Waals surface area contributed by atoms with E-state index in [-0.39, 0.29) is 5.75 Å². The maximum absolute atomic E-state index is 11.7. The Balaban J connectivity index is 2.36. The van der Waals surface area contributed by atoms with E-state index in [9.17, 15) is 9.90 Å². The van der Waals surface area contributed by atoms with E-state index in [0.717, 1.165) is 0 Å². The second-order valence-electron chi connectivity index (χ2n) is 4.24. The Bertz CT molecular complexity index is 614. The molecule has 0 aliphatic heterocycles. The van der Waals surface area contributed by atoms with Crippen molar-refractivity contribution in [2.75, 3.05) is 12.4 Å². The molecule has 0 heterocycles. The first-order valence-electron chi connectivity index (χ1n) is 6.10. The zero-order chi connectivity index (χ0) is 14.5. The number of aromatic hydroxyl groups is 1. The molecule has 2 aromatic carbocycles. The van der Waals surface area contributed by atoms with Crippen molar-refractivity contribution < 1.29 is 14.6 Å². The first-order chi connectivity index (χ1) is 9.63. The van der Waals surface area contributed by atoms with E-state index < -0.39 is 11.9 Å². The highest BCUT2D eigenvalue weighted by molar-refractivity contribution is 5.85. The van der Waals surface area contributed by atoms with Gasteiger partial charge < -0.3 is 20.9 Å². The number of anilines is 1. The number of nitrogens with one attached hydrogen (secondary N) is 1. The maximum Gasteiger partial charge on any atom is 0.244 e. The number of methoxy groups -OCH3 is 1. The SMILES string of the molecule is COc1ccccc1NC(C(N)=O)c1ccccc1O. The average Bonchev–Trinajstić information content (AvgIpc) is 2.46. The molecule has 5 heteroatoms. The average molecular weight is 272 g/mol. The summed E-state index contributed by atoms with van der Waals surface area (Å²) in [6.45, 7) is 0. The lowest BCUT2D eigenvalue weighted by molar-refractivity contribution is -0.118. The minimum absolute atomic E-state index is 0.0127.